The van der Waals surface area contributed by atoms with Crippen LogP contribution in [0, 0.1) is 6.92 Å². The standard InChI is InChI=1S/C19H23N3OS/c1-14-10-16-11-17(23-2)4-5-18(16)22-19(14)21-8-3-7-20-12-15-6-9-24-13-15/h4-6,9-11,13,20H,3,7-8,12H2,1-2H3,(H,21,22). The molecule has 126 valence electrons. The second-order valence-electron chi connectivity index (χ2n) is 5.80. The third-order valence-corrected chi connectivity index (χ3v) is 4.68. The minimum Gasteiger partial charge on any atom is -0.497 e. The Morgan fingerprint density at radius 3 is 2.88 bits per heavy atom. The average Bonchev–Trinajstić information content (AvgIpc) is 3.11. The Morgan fingerprint density at radius 2 is 2.08 bits per heavy atom. The van der Waals surface area contributed by atoms with Crippen molar-refractivity contribution in [1.82, 2.24) is 10.3 Å². The molecule has 0 saturated carbocycles. The lowest BCUT2D eigenvalue weighted by atomic mass is 10.1. The molecule has 0 amide bonds. The topological polar surface area (TPSA) is 46.2 Å². The van der Waals surface area contributed by atoms with Crippen LogP contribution in [0.25, 0.3) is 10.9 Å². The molecule has 5 heteroatoms. The molecule has 4 nitrogen and oxygen atoms in total. The van der Waals surface area contributed by atoms with E-state index in [1.807, 2.05) is 18.2 Å². The van der Waals surface area contributed by atoms with Crippen LogP contribution in [-0.2, 0) is 6.54 Å². The van der Waals surface area contributed by atoms with Crippen LogP contribution in [0.15, 0.2) is 41.1 Å². The number of aryl methyl sites for hydroxylation is 1. The van der Waals surface area contributed by atoms with Crippen molar-refractivity contribution in [2.45, 2.75) is 19.9 Å². The van der Waals surface area contributed by atoms with E-state index in [0.717, 1.165) is 54.1 Å². The summed E-state index contributed by atoms with van der Waals surface area (Å²) < 4.78 is 5.27. The summed E-state index contributed by atoms with van der Waals surface area (Å²) in [6.07, 6.45) is 1.06. The van der Waals surface area contributed by atoms with E-state index in [2.05, 4.69) is 40.5 Å². The van der Waals surface area contributed by atoms with E-state index in [1.165, 1.54) is 5.56 Å². The highest BCUT2D eigenvalue weighted by molar-refractivity contribution is 7.07. The van der Waals surface area contributed by atoms with Crippen LogP contribution in [0.1, 0.15) is 17.5 Å². The Hall–Kier alpha value is -2.11. The van der Waals surface area contributed by atoms with Crippen LogP contribution in [0.4, 0.5) is 5.82 Å². The maximum atomic E-state index is 5.27. The number of benzene rings is 1. The maximum absolute atomic E-state index is 5.27. The van der Waals surface area contributed by atoms with Gasteiger partial charge in [0.15, 0.2) is 0 Å². The molecule has 0 spiro atoms. The molecular formula is C19H23N3OS. The lowest BCUT2D eigenvalue weighted by Crippen LogP contribution is -2.17. The summed E-state index contributed by atoms with van der Waals surface area (Å²) in [6, 6.07) is 10.3. The van der Waals surface area contributed by atoms with Crippen molar-refractivity contribution in [2.75, 3.05) is 25.5 Å². The molecule has 0 aliphatic heterocycles. The van der Waals surface area contributed by atoms with Crippen molar-refractivity contribution in [3.05, 3.63) is 52.2 Å². The van der Waals surface area contributed by atoms with Gasteiger partial charge in [0.1, 0.15) is 11.6 Å². The Balaban J connectivity index is 1.50. The van der Waals surface area contributed by atoms with E-state index < -0.39 is 0 Å². The first-order valence-electron chi connectivity index (χ1n) is 8.17. The number of methoxy groups -OCH3 is 1. The van der Waals surface area contributed by atoms with Crippen molar-refractivity contribution < 1.29 is 4.74 Å². The Labute approximate surface area is 146 Å². The minimum atomic E-state index is 0.862. The predicted molar refractivity (Wildman–Crippen MR) is 102 cm³/mol. The van der Waals surface area contributed by atoms with Gasteiger partial charge in [0.05, 0.1) is 12.6 Å². The number of fused-ring (bicyclic) bond motifs is 1. The van der Waals surface area contributed by atoms with Gasteiger partial charge in [-0.1, -0.05) is 0 Å². The molecule has 0 aliphatic carbocycles. The van der Waals surface area contributed by atoms with E-state index in [1.54, 1.807) is 18.4 Å². The van der Waals surface area contributed by atoms with Gasteiger partial charge in [-0.25, -0.2) is 4.98 Å². The van der Waals surface area contributed by atoms with E-state index in [0.29, 0.717) is 0 Å². The molecule has 0 aliphatic rings. The number of hydrogen-bond acceptors (Lipinski definition) is 5. The zero-order valence-corrected chi connectivity index (χ0v) is 15.0. The van der Waals surface area contributed by atoms with E-state index >= 15 is 0 Å². The zero-order valence-electron chi connectivity index (χ0n) is 14.1. The van der Waals surface area contributed by atoms with Gasteiger partial charge in [0, 0.05) is 18.5 Å². The summed E-state index contributed by atoms with van der Waals surface area (Å²) in [5.74, 6) is 1.83. The van der Waals surface area contributed by atoms with Crippen LogP contribution in [0.2, 0.25) is 0 Å². The molecule has 3 rings (SSSR count). The lowest BCUT2D eigenvalue weighted by molar-refractivity contribution is 0.415. The van der Waals surface area contributed by atoms with E-state index in [9.17, 15) is 0 Å². The third-order valence-electron chi connectivity index (χ3n) is 3.94. The highest BCUT2D eigenvalue weighted by atomic mass is 32.1. The Bertz CT molecular complexity index is 787. The number of thiophene rings is 1. The first kappa shape index (κ1) is 16.7. The Morgan fingerprint density at radius 1 is 1.17 bits per heavy atom. The predicted octanol–water partition coefficient (Wildman–Crippen LogP) is 4.21. The first-order chi connectivity index (χ1) is 11.8. The SMILES string of the molecule is COc1ccc2nc(NCCCNCc3ccsc3)c(C)cc2c1. The van der Waals surface area contributed by atoms with Gasteiger partial charge >= 0.3 is 0 Å². The molecule has 1 aromatic carbocycles. The van der Waals surface area contributed by atoms with E-state index in [4.69, 9.17) is 9.72 Å². The summed E-state index contributed by atoms with van der Waals surface area (Å²) in [4.78, 5) is 4.72. The molecule has 2 aromatic heterocycles. The van der Waals surface area contributed by atoms with Gasteiger partial charge in [-0.15, -0.1) is 0 Å². The summed E-state index contributed by atoms with van der Waals surface area (Å²) in [5, 5.41) is 12.3. The fourth-order valence-electron chi connectivity index (χ4n) is 2.61. The van der Waals surface area contributed by atoms with Crippen LogP contribution < -0.4 is 15.4 Å². The monoisotopic (exact) mass is 341 g/mol. The van der Waals surface area contributed by atoms with Crippen LogP contribution in [0.5, 0.6) is 5.75 Å². The number of pyridine rings is 1. The molecule has 0 fully saturated rings. The molecule has 2 N–H and O–H groups in total. The first-order valence-corrected chi connectivity index (χ1v) is 9.11. The van der Waals surface area contributed by atoms with Gasteiger partial charge in [-0.2, -0.15) is 11.3 Å². The highest BCUT2D eigenvalue weighted by Crippen LogP contribution is 2.23. The summed E-state index contributed by atoms with van der Waals surface area (Å²) >= 11 is 1.74. The molecule has 0 saturated heterocycles. The van der Waals surface area contributed by atoms with Crippen molar-refractivity contribution in [3.8, 4) is 5.75 Å². The normalized spacial score (nSPS) is 10.9. The number of aromatic nitrogens is 1. The molecule has 0 radical (unpaired) electrons. The van der Waals surface area contributed by atoms with Crippen molar-refractivity contribution in [2.24, 2.45) is 0 Å². The lowest BCUT2D eigenvalue weighted by Gasteiger charge is -2.11. The van der Waals surface area contributed by atoms with Crippen LogP contribution in [0.3, 0.4) is 0 Å². The molecule has 3 aromatic rings. The third kappa shape index (κ3) is 4.24. The van der Waals surface area contributed by atoms with Gasteiger partial charge in [0.25, 0.3) is 0 Å². The molecule has 24 heavy (non-hydrogen) atoms. The molecule has 0 bridgehead atoms. The van der Waals surface area contributed by atoms with Gasteiger partial charge in [-0.05, 0) is 72.1 Å². The fourth-order valence-corrected chi connectivity index (χ4v) is 3.28. The van der Waals surface area contributed by atoms with Crippen molar-refractivity contribution >= 4 is 28.1 Å². The van der Waals surface area contributed by atoms with Gasteiger partial charge < -0.3 is 15.4 Å². The number of nitrogens with zero attached hydrogens (tertiary/aromatic N) is 1. The minimum absolute atomic E-state index is 0.862. The second kappa shape index (κ2) is 8.13. The van der Waals surface area contributed by atoms with E-state index in [-0.39, 0.29) is 0 Å². The molecule has 0 unspecified atom stereocenters. The van der Waals surface area contributed by atoms with Crippen LogP contribution >= 0.6 is 11.3 Å². The van der Waals surface area contributed by atoms with Gasteiger partial charge in [0.2, 0.25) is 0 Å². The number of ether oxygens (including phenoxy) is 1. The number of anilines is 1. The zero-order chi connectivity index (χ0) is 16.8. The summed E-state index contributed by atoms with van der Waals surface area (Å²) in [5.41, 5.74) is 3.50. The number of rotatable bonds is 8. The fraction of sp³-hybridized carbons (Fsp3) is 0.316. The average molecular weight is 341 g/mol. The quantitative estimate of drug-likeness (QED) is 0.603. The number of hydrogen-bond donors (Lipinski definition) is 2. The smallest absolute Gasteiger partial charge is 0.129 e. The summed E-state index contributed by atoms with van der Waals surface area (Å²) in [6.45, 7) is 4.93. The van der Waals surface area contributed by atoms with Crippen molar-refractivity contribution in [1.29, 1.82) is 0 Å². The molecular weight excluding hydrogens is 318 g/mol. The highest BCUT2D eigenvalue weighted by Gasteiger charge is 2.04. The molecule has 2 heterocycles. The second-order valence-corrected chi connectivity index (χ2v) is 6.58. The number of nitrogens with one attached hydrogen (secondary N) is 2. The Kier molecular flexibility index (Phi) is 5.67. The van der Waals surface area contributed by atoms with Crippen molar-refractivity contribution in [3.63, 3.8) is 0 Å². The van der Waals surface area contributed by atoms with Crippen LogP contribution in [-0.4, -0.2) is 25.2 Å². The maximum Gasteiger partial charge on any atom is 0.129 e. The summed E-state index contributed by atoms with van der Waals surface area (Å²) in [7, 11) is 1.68. The largest absolute Gasteiger partial charge is 0.497 e. The molecule has 0 atom stereocenters. The van der Waals surface area contributed by atoms with Gasteiger partial charge in [-0.3, -0.25) is 0 Å².